The van der Waals surface area contributed by atoms with E-state index in [2.05, 4.69) is 76.6 Å². The molecule has 9 nitrogen and oxygen atoms in total. The zero-order valence-corrected chi connectivity index (χ0v) is 24.1. The van der Waals surface area contributed by atoms with Crippen LogP contribution < -0.4 is 24.7 Å². The van der Waals surface area contributed by atoms with E-state index >= 15 is 0 Å². The number of ether oxygens (including phenoxy) is 2. The second-order valence-corrected chi connectivity index (χ2v) is 10.8. The van der Waals surface area contributed by atoms with E-state index in [1.807, 2.05) is 24.3 Å². The smallest absolute Gasteiger partial charge is 0.250 e. The summed E-state index contributed by atoms with van der Waals surface area (Å²) in [5.74, 6) is 3.12. The Morgan fingerprint density at radius 2 is 1.57 bits per heavy atom. The van der Waals surface area contributed by atoms with Gasteiger partial charge in [-0.1, -0.05) is 42.5 Å². The van der Waals surface area contributed by atoms with Crippen molar-refractivity contribution >= 4 is 50.8 Å². The Bertz CT molecular complexity index is 1480. The largest absolute Gasteiger partial charge is 0.493 e. The molecule has 0 amide bonds. The fourth-order valence-electron chi connectivity index (χ4n) is 5.21. The third-order valence-corrected chi connectivity index (χ3v) is 7.86. The number of anilines is 3. The number of nitrogens with one attached hydrogen (secondary N) is 1. The van der Waals surface area contributed by atoms with E-state index in [0.29, 0.717) is 36.0 Å². The number of nitrogens with zero attached hydrogens (tertiary/aromatic N) is 6. The molecule has 0 bridgehead atoms. The number of halogens is 1. The first kappa shape index (κ1) is 26.3. The van der Waals surface area contributed by atoms with Gasteiger partial charge >= 0.3 is 0 Å². The minimum atomic E-state index is 0.420. The first-order chi connectivity index (χ1) is 19.7. The summed E-state index contributed by atoms with van der Waals surface area (Å²) < 4.78 is 12.7. The molecule has 0 atom stereocenters. The van der Waals surface area contributed by atoms with Crippen molar-refractivity contribution in [2.75, 3.05) is 48.5 Å². The maximum atomic E-state index is 6.24. The van der Waals surface area contributed by atoms with Gasteiger partial charge in [0.15, 0.2) is 11.5 Å². The molecule has 2 saturated heterocycles. The van der Waals surface area contributed by atoms with Crippen LogP contribution in [-0.2, 0) is 6.61 Å². The van der Waals surface area contributed by atoms with E-state index in [1.54, 1.807) is 13.3 Å². The summed E-state index contributed by atoms with van der Waals surface area (Å²) in [6, 6.07) is 18.4. The zero-order valence-electron chi connectivity index (χ0n) is 22.5. The number of aromatic nitrogens is 3. The van der Waals surface area contributed by atoms with Crippen LogP contribution in [0.1, 0.15) is 36.8 Å². The lowest BCUT2D eigenvalue weighted by Gasteiger charge is -2.20. The van der Waals surface area contributed by atoms with Gasteiger partial charge in [0.05, 0.1) is 17.8 Å². The second kappa shape index (κ2) is 12.1. The molecular formula is C30H32BrN7O2. The Balaban J connectivity index is 1.18. The van der Waals surface area contributed by atoms with Crippen LogP contribution in [0, 0.1) is 0 Å². The summed E-state index contributed by atoms with van der Waals surface area (Å²) in [6.07, 6.45) is 6.35. The highest BCUT2D eigenvalue weighted by Gasteiger charge is 2.21. The normalized spacial score (nSPS) is 15.3. The lowest BCUT2D eigenvalue weighted by Crippen LogP contribution is -2.25. The van der Waals surface area contributed by atoms with Crippen LogP contribution in [0.5, 0.6) is 11.5 Å². The van der Waals surface area contributed by atoms with Gasteiger partial charge in [-0.15, -0.1) is 0 Å². The third-order valence-electron chi connectivity index (χ3n) is 7.27. The quantitative estimate of drug-likeness (QED) is 0.184. The fraction of sp³-hybridized carbons (Fsp3) is 0.333. The van der Waals surface area contributed by atoms with Crippen LogP contribution in [0.15, 0.2) is 64.2 Å². The Kier molecular flexibility index (Phi) is 7.94. The van der Waals surface area contributed by atoms with E-state index in [9.17, 15) is 0 Å². The van der Waals surface area contributed by atoms with Crippen molar-refractivity contribution < 1.29 is 9.47 Å². The number of benzene rings is 3. The molecule has 0 aliphatic carbocycles. The standard InChI is InChI=1S/C30H32BrN7O2/c1-39-26-18-21(17-25(31)27(26)40-20-23-11-8-10-22-9-2-3-12-24(22)23)19-32-36-28-33-29(37-13-4-5-14-37)35-30(34-28)38-15-6-7-16-38/h2-3,8-12,17-19H,4-7,13-16,20H2,1H3,(H,33,34,35,36). The molecule has 40 heavy (non-hydrogen) atoms. The van der Waals surface area contributed by atoms with Crippen molar-refractivity contribution in [1.29, 1.82) is 0 Å². The van der Waals surface area contributed by atoms with Gasteiger partial charge in [-0.05, 0) is 75.6 Å². The van der Waals surface area contributed by atoms with Crippen molar-refractivity contribution in [3.8, 4) is 11.5 Å². The molecule has 0 unspecified atom stereocenters. The van der Waals surface area contributed by atoms with Crippen LogP contribution in [0.25, 0.3) is 10.8 Å². The van der Waals surface area contributed by atoms with Crippen molar-refractivity contribution in [3.63, 3.8) is 0 Å². The summed E-state index contributed by atoms with van der Waals surface area (Å²) in [6.45, 7) is 4.29. The van der Waals surface area contributed by atoms with Crippen molar-refractivity contribution in [1.82, 2.24) is 15.0 Å². The van der Waals surface area contributed by atoms with Crippen LogP contribution in [-0.4, -0.2) is 54.5 Å². The molecule has 206 valence electrons. The molecule has 2 aliphatic rings. The van der Waals surface area contributed by atoms with Gasteiger partial charge in [0.1, 0.15) is 6.61 Å². The predicted molar refractivity (Wildman–Crippen MR) is 163 cm³/mol. The Labute approximate surface area is 242 Å². The van der Waals surface area contributed by atoms with Gasteiger partial charge in [-0.2, -0.15) is 20.1 Å². The number of fused-ring (bicyclic) bond motifs is 1. The second-order valence-electron chi connectivity index (χ2n) is 9.98. The number of hydrogen-bond acceptors (Lipinski definition) is 9. The van der Waals surface area contributed by atoms with Gasteiger partial charge in [-0.25, -0.2) is 5.43 Å². The molecule has 1 aromatic heterocycles. The molecule has 2 fully saturated rings. The van der Waals surface area contributed by atoms with E-state index < -0.39 is 0 Å². The maximum Gasteiger partial charge on any atom is 0.250 e. The van der Waals surface area contributed by atoms with Crippen LogP contribution in [0.2, 0.25) is 0 Å². The average molecular weight is 603 g/mol. The molecule has 0 spiro atoms. The first-order valence-corrected chi connectivity index (χ1v) is 14.5. The van der Waals surface area contributed by atoms with E-state index in [0.717, 1.165) is 67.5 Å². The lowest BCUT2D eigenvalue weighted by molar-refractivity contribution is 0.283. The number of methoxy groups -OCH3 is 1. The highest BCUT2D eigenvalue weighted by Crippen LogP contribution is 2.37. The molecule has 1 N–H and O–H groups in total. The van der Waals surface area contributed by atoms with Crippen LogP contribution in [0.4, 0.5) is 17.8 Å². The topological polar surface area (TPSA) is 88.0 Å². The number of rotatable bonds is 9. The summed E-state index contributed by atoms with van der Waals surface area (Å²) in [5.41, 5.74) is 4.97. The fourth-order valence-corrected chi connectivity index (χ4v) is 5.78. The minimum Gasteiger partial charge on any atom is -0.493 e. The monoisotopic (exact) mass is 601 g/mol. The molecular weight excluding hydrogens is 570 g/mol. The van der Waals surface area contributed by atoms with Crippen molar-refractivity contribution in [2.24, 2.45) is 5.10 Å². The molecule has 0 saturated carbocycles. The molecule has 6 rings (SSSR count). The van der Waals surface area contributed by atoms with E-state index in [1.165, 1.54) is 10.8 Å². The Morgan fingerprint density at radius 3 is 2.27 bits per heavy atom. The molecule has 4 aromatic rings. The van der Waals surface area contributed by atoms with Gasteiger partial charge in [0.25, 0.3) is 0 Å². The SMILES string of the molecule is COc1cc(C=NNc2nc(N3CCCC3)nc(N3CCCC3)n2)cc(Br)c1OCc1cccc2ccccc12. The van der Waals surface area contributed by atoms with Crippen LogP contribution >= 0.6 is 15.9 Å². The Morgan fingerprint density at radius 1 is 0.900 bits per heavy atom. The summed E-state index contributed by atoms with van der Waals surface area (Å²) >= 11 is 3.66. The molecule has 3 aromatic carbocycles. The van der Waals surface area contributed by atoms with Crippen molar-refractivity contribution in [3.05, 3.63) is 70.2 Å². The first-order valence-electron chi connectivity index (χ1n) is 13.7. The summed E-state index contributed by atoms with van der Waals surface area (Å²) in [7, 11) is 1.64. The highest BCUT2D eigenvalue weighted by atomic mass is 79.9. The minimum absolute atomic E-state index is 0.420. The van der Waals surface area contributed by atoms with Gasteiger partial charge in [0.2, 0.25) is 17.8 Å². The van der Waals surface area contributed by atoms with Crippen LogP contribution in [0.3, 0.4) is 0 Å². The number of hydrogen-bond donors (Lipinski definition) is 1. The van der Waals surface area contributed by atoms with E-state index in [4.69, 9.17) is 14.5 Å². The number of hydrazone groups is 1. The van der Waals surface area contributed by atoms with Crippen molar-refractivity contribution in [2.45, 2.75) is 32.3 Å². The third kappa shape index (κ3) is 5.82. The highest BCUT2D eigenvalue weighted by molar-refractivity contribution is 9.10. The molecule has 0 radical (unpaired) electrons. The van der Waals surface area contributed by atoms with E-state index in [-0.39, 0.29) is 0 Å². The van der Waals surface area contributed by atoms with Gasteiger partial charge < -0.3 is 19.3 Å². The lowest BCUT2D eigenvalue weighted by atomic mass is 10.1. The summed E-state index contributed by atoms with van der Waals surface area (Å²) in [4.78, 5) is 18.5. The summed E-state index contributed by atoms with van der Waals surface area (Å²) in [5, 5.41) is 6.80. The predicted octanol–water partition coefficient (Wildman–Crippen LogP) is 6.02. The van der Waals surface area contributed by atoms with Gasteiger partial charge in [-0.3, -0.25) is 0 Å². The molecule has 2 aliphatic heterocycles. The molecule has 10 heteroatoms. The van der Waals surface area contributed by atoms with Gasteiger partial charge in [0, 0.05) is 26.2 Å². The average Bonchev–Trinajstić information content (AvgIpc) is 3.72. The zero-order chi connectivity index (χ0) is 27.3. The molecule has 3 heterocycles. The Hall–Kier alpha value is -3.92. The maximum absolute atomic E-state index is 6.24.